The van der Waals surface area contributed by atoms with E-state index in [2.05, 4.69) is 0 Å². The highest BCUT2D eigenvalue weighted by molar-refractivity contribution is 5.52. The van der Waals surface area contributed by atoms with Crippen molar-refractivity contribution in [2.75, 3.05) is 0 Å². The zero-order valence-corrected chi connectivity index (χ0v) is 10.3. The average Bonchev–Trinajstić information content (AvgIpc) is 2.30. The molecular formula is C13H13N3O2. The van der Waals surface area contributed by atoms with Crippen LogP contribution in [0.15, 0.2) is 12.1 Å². The number of hydrogen-bond donors (Lipinski definition) is 0. The maximum atomic E-state index is 10.8. The van der Waals surface area contributed by atoms with Crippen molar-refractivity contribution in [3.8, 4) is 12.1 Å². The Morgan fingerprint density at radius 3 is 2.50 bits per heavy atom. The molecule has 92 valence electrons. The summed E-state index contributed by atoms with van der Waals surface area (Å²) in [5.74, 6) is 0.316. The van der Waals surface area contributed by atoms with Gasteiger partial charge in [-0.25, -0.2) is 0 Å². The smallest absolute Gasteiger partial charge is 0.258 e. The average molecular weight is 243 g/mol. The molecule has 5 heteroatoms. The Balaban J connectivity index is 3.42. The van der Waals surface area contributed by atoms with Crippen LogP contribution in [0.3, 0.4) is 0 Å². The molecule has 0 atom stereocenters. The van der Waals surface area contributed by atoms with Gasteiger partial charge in [-0.1, -0.05) is 13.8 Å². The molecule has 1 aromatic carbocycles. The molecule has 0 heterocycles. The SMILES string of the molecule is CC(C)Cc1c(C#N)cc([N+](=O)[O-])cc1CC#N. The Bertz CT molecular complexity index is 551. The standard InChI is InChI=1S/C13H13N3O2/c1-9(2)5-13-10(3-4-14)6-12(16(17)18)7-11(13)8-15/h6-7,9H,3,5H2,1-2H3. The van der Waals surface area contributed by atoms with E-state index in [9.17, 15) is 10.1 Å². The van der Waals surface area contributed by atoms with Crippen LogP contribution in [-0.4, -0.2) is 4.92 Å². The van der Waals surface area contributed by atoms with Crippen molar-refractivity contribution in [2.45, 2.75) is 26.7 Å². The van der Waals surface area contributed by atoms with Crippen LogP contribution in [0.1, 0.15) is 30.5 Å². The lowest BCUT2D eigenvalue weighted by atomic mass is 9.92. The van der Waals surface area contributed by atoms with Gasteiger partial charge in [-0.15, -0.1) is 0 Å². The third-order valence-corrected chi connectivity index (χ3v) is 2.54. The van der Waals surface area contributed by atoms with E-state index in [0.29, 0.717) is 23.5 Å². The first-order chi connectivity index (χ1) is 8.49. The van der Waals surface area contributed by atoms with Gasteiger partial charge in [0.15, 0.2) is 0 Å². The maximum absolute atomic E-state index is 10.8. The van der Waals surface area contributed by atoms with Crippen molar-refractivity contribution in [1.82, 2.24) is 0 Å². The van der Waals surface area contributed by atoms with Gasteiger partial charge >= 0.3 is 0 Å². The summed E-state index contributed by atoms with van der Waals surface area (Å²) in [7, 11) is 0. The van der Waals surface area contributed by atoms with Gasteiger partial charge in [0.05, 0.1) is 29.0 Å². The van der Waals surface area contributed by atoms with Gasteiger partial charge in [0, 0.05) is 12.1 Å². The van der Waals surface area contributed by atoms with Gasteiger partial charge < -0.3 is 0 Å². The van der Waals surface area contributed by atoms with Gasteiger partial charge in [-0.05, 0) is 23.5 Å². The molecule has 0 N–H and O–H groups in total. The maximum Gasteiger partial charge on any atom is 0.271 e. The summed E-state index contributed by atoms with van der Waals surface area (Å²) in [5, 5.41) is 28.6. The fraction of sp³-hybridized carbons (Fsp3) is 0.385. The molecule has 18 heavy (non-hydrogen) atoms. The molecule has 0 aliphatic heterocycles. The van der Waals surface area contributed by atoms with E-state index in [-0.39, 0.29) is 12.1 Å². The van der Waals surface area contributed by atoms with Crippen molar-refractivity contribution in [1.29, 1.82) is 10.5 Å². The second kappa shape index (κ2) is 5.79. The van der Waals surface area contributed by atoms with E-state index < -0.39 is 4.92 Å². The number of benzene rings is 1. The summed E-state index contributed by atoms with van der Waals surface area (Å²) in [6.07, 6.45) is 0.719. The first-order valence-electron chi connectivity index (χ1n) is 5.56. The number of nitro groups is 1. The van der Waals surface area contributed by atoms with Crippen LogP contribution in [0, 0.1) is 38.7 Å². The van der Waals surface area contributed by atoms with Gasteiger partial charge in [-0.3, -0.25) is 10.1 Å². The zero-order chi connectivity index (χ0) is 13.7. The quantitative estimate of drug-likeness (QED) is 0.600. The molecule has 0 spiro atoms. The third-order valence-electron chi connectivity index (χ3n) is 2.54. The lowest BCUT2D eigenvalue weighted by Crippen LogP contribution is -2.04. The molecule has 0 saturated heterocycles. The Labute approximate surface area is 105 Å². The summed E-state index contributed by atoms with van der Waals surface area (Å²) >= 11 is 0. The second-order valence-corrected chi connectivity index (χ2v) is 4.43. The largest absolute Gasteiger partial charge is 0.271 e. The second-order valence-electron chi connectivity index (χ2n) is 4.43. The van der Waals surface area contributed by atoms with Crippen molar-refractivity contribution in [3.05, 3.63) is 38.9 Å². The van der Waals surface area contributed by atoms with E-state index in [4.69, 9.17) is 10.5 Å². The number of rotatable bonds is 4. The molecule has 0 amide bonds. The highest BCUT2D eigenvalue weighted by Crippen LogP contribution is 2.25. The number of nitrogens with zero attached hydrogens (tertiary/aromatic N) is 3. The molecule has 0 saturated carbocycles. The lowest BCUT2D eigenvalue weighted by Gasteiger charge is -2.11. The molecule has 5 nitrogen and oxygen atoms in total. The summed E-state index contributed by atoms with van der Waals surface area (Å²) in [4.78, 5) is 10.2. The predicted octanol–water partition coefficient (Wildman–Crippen LogP) is 2.73. The molecular weight excluding hydrogens is 230 g/mol. The third kappa shape index (κ3) is 3.05. The molecule has 0 aliphatic carbocycles. The highest BCUT2D eigenvalue weighted by atomic mass is 16.6. The number of nitro benzene ring substituents is 1. The van der Waals surface area contributed by atoms with Crippen LogP contribution in [0.2, 0.25) is 0 Å². The lowest BCUT2D eigenvalue weighted by molar-refractivity contribution is -0.384. The van der Waals surface area contributed by atoms with Crippen molar-refractivity contribution < 1.29 is 4.92 Å². The monoisotopic (exact) mass is 243 g/mol. The Kier molecular flexibility index (Phi) is 4.39. The Hall–Kier alpha value is -2.40. The van der Waals surface area contributed by atoms with E-state index >= 15 is 0 Å². The fourth-order valence-corrected chi connectivity index (χ4v) is 1.81. The number of non-ortho nitro benzene ring substituents is 1. The Morgan fingerprint density at radius 2 is 2.06 bits per heavy atom. The fourth-order valence-electron chi connectivity index (χ4n) is 1.81. The molecule has 1 rings (SSSR count). The summed E-state index contributed by atoms with van der Waals surface area (Å²) < 4.78 is 0. The number of nitriles is 2. The first-order valence-corrected chi connectivity index (χ1v) is 5.56. The van der Waals surface area contributed by atoms with Crippen LogP contribution in [0.4, 0.5) is 5.69 Å². The topological polar surface area (TPSA) is 90.7 Å². The summed E-state index contributed by atoms with van der Waals surface area (Å²) in [6, 6.07) is 6.63. The summed E-state index contributed by atoms with van der Waals surface area (Å²) in [6.45, 7) is 4.00. The van der Waals surface area contributed by atoms with Gasteiger partial charge in [-0.2, -0.15) is 10.5 Å². The Morgan fingerprint density at radius 1 is 1.39 bits per heavy atom. The molecule has 0 aromatic heterocycles. The molecule has 1 aromatic rings. The van der Waals surface area contributed by atoms with Gasteiger partial charge in [0.25, 0.3) is 5.69 Å². The summed E-state index contributed by atoms with van der Waals surface area (Å²) in [5.41, 5.74) is 1.49. The van der Waals surface area contributed by atoms with E-state index in [0.717, 1.165) is 5.56 Å². The normalized spacial score (nSPS) is 9.83. The van der Waals surface area contributed by atoms with Crippen molar-refractivity contribution >= 4 is 5.69 Å². The van der Waals surface area contributed by atoms with E-state index in [1.165, 1.54) is 12.1 Å². The number of hydrogen-bond acceptors (Lipinski definition) is 4. The molecule has 0 aliphatic rings. The van der Waals surface area contributed by atoms with Gasteiger partial charge in [0.1, 0.15) is 0 Å². The first kappa shape index (κ1) is 13.7. The van der Waals surface area contributed by atoms with Crippen LogP contribution in [-0.2, 0) is 12.8 Å². The molecule has 0 bridgehead atoms. The van der Waals surface area contributed by atoms with E-state index in [1.807, 2.05) is 26.0 Å². The molecule has 0 fully saturated rings. The van der Waals surface area contributed by atoms with Crippen LogP contribution >= 0.6 is 0 Å². The van der Waals surface area contributed by atoms with Crippen molar-refractivity contribution in [3.63, 3.8) is 0 Å². The molecule has 0 unspecified atom stereocenters. The van der Waals surface area contributed by atoms with Crippen LogP contribution in [0.25, 0.3) is 0 Å². The minimum absolute atomic E-state index is 0.0818. The highest BCUT2D eigenvalue weighted by Gasteiger charge is 2.17. The van der Waals surface area contributed by atoms with Crippen LogP contribution in [0.5, 0.6) is 0 Å². The minimum Gasteiger partial charge on any atom is -0.258 e. The van der Waals surface area contributed by atoms with E-state index in [1.54, 1.807) is 0 Å². The van der Waals surface area contributed by atoms with Gasteiger partial charge in [0.2, 0.25) is 0 Å². The predicted molar refractivity (Wildman–Crippen MR) is 65.7 cm³/mol. The van der Waals surface area contributed by atoms with Crippen molar-refractivity contribution in [2.24, 2.45) is 5.92 Å². The van der Waals surface area contributed by atoms with Crippen LogP contribution < -0.4 is 0 Å². The molecule has 0 radical (unpaired) electrons. The zero-order valence-electron chi connectivity index (χ0n) is 10.3. The minimum atomic E-state index is -0.541.